The van der Waals surface area contributed by atoms with E-state index in [9.17, 15) is 0 Å². The molecule has 1 aliphatic rings. The molecule has 0 N–H and O–H groups in total. The Balaban J connectivity index is 1.73. The van der Waals surface area contributed by atoms with Gasteiger partial charge in [0.1, 0.15) is 0 Å². The van der Waals surface area contributed by atoms with Gasteiger partial charge >= 0.3 is 0 Å². The molecule has 0 aliphatic carbocycles. The van der Waals surface area contributed by atoms with E-state index in [0.717, 1.165) is 52.5 Å². The number of hydrogen-bond donors (Lipinski definition) is 0. The predicted molar refractivity (Wildman–Crippen MR) is 127 cm³/mol. The largest absolute Gasteiger partial charge is 0.381 e. The van der Waals surface area contributed by atoms with Crippen molar-refractivity contribution in [1.82, 2.24) is 19.3 Å². The van der Waals surface area contributed by atoms with Crippen LogP contribution in [0, 0.1) is 5.92 Å². The molecule has 1 aliphatic heterocycles. The fraction of sp³-hybridized carbons (Fsp3) is 0.280. The molecule has 3 aromatic heterocycles. The molecule has 6 rings (SSSR count). The Morgan fingerprint density at radius 2 is 1.77 bits per heavy atom. The highest BCUT2D eigenvalue weighted by Crippen LogP contribution is 2.42. The monoisotopic (exact) mass is 474 g/mol. The number of fused-ring (bicyclic) bond motifs is 5. The van der Waals surface area contributed by atoms with Crippen LogP contribution in [0.4, 0.5) is 0 Å². The fourth-order valence-corrected chi connectivity index (χ4v) is 5.53. The van der Waals surface area contributed by atoms with Crippen molar-refractivity contribution in [2.45, 2.75) is 18.9 Å². The molecule has 5 aromatic rings. The zero-order valence-electron chi connectivity index (χ0n) is 17.3. The van der Waals surface area contributed by atoms with Gasteiger partial charge in [-0.05, 0) is 58.5 Å². The molecule has 31 heavy (non-hydrogen) atoms. The number of rotatable bonds is 3. The van der Waals surface area contributed by atoms with E-state index in [1.165, 1.54) is 16.5 Å². The van der Waals surface area contributed by atoms with Crippen molar-refractivity contribution < 1.29 is 4.74 Å². The van der Waals surface area contributed by atoms with Gasteiger partial charge in [-0.25, -0.2) is 0 Å². The standard InChI is InChI=1S/C25H23BrN4O/c1-29-20-7-8-21-23(19(20)15-28-29)24-22(13-18(26)14-27-24)30(21)25(16-5-3-2-4-6-16)17-9-11-31-12-10-17/h2-8,13-15,17,25H,9-12H2,1H3/t25-/m1/s1. The van der Waals surface area contributed by atoms with Gasteiger partial charge in [0.25, 0.3) is 0 Å². The van der Waals surface area contributed by atoms with Crippen molar-refractivity contribution >= 4 is 48.8 Å². The lowest BCUT2D eigenvalue weighted by Gasteiger charge is -2.33. The summed E-state index contributed by atoms with van der Waals surface area (Å²) in [6.45, 7) is 1.64. The third kappa shape index (κ3) is 3.00. The topological polar surface area (TPSA) is 44.9 Å². The summed E-state index contributed by atoms with van der Waals surface area (Å²) in [6, 6.07) is 17.7. The van der Waals surface area contributed by atoms with Gasteiger partial charge in [0.05, 0.1) is 34.3 Å². The van der Waals surface area contributed by atoms with Crippen LogP contribution in [0.15, 0.2) is 65.4 Å². The van der Waals surface area contributed by atoms with E-state index in [1.807, 2.05) is 24.1 Å². The summed E-state index contributed by atoms with van der Waals surface area (Å²) in [5.41, 5.74) is 5.85. The summed E-state index contributed by atoms with van der Waals surface area (Å²) in [5, 5.41) is 6.86. The van der Waals surface area contributed by atoms with Gasteiger partial charge < -0.3 is 9.30 Å². The maximum Gasteiger partial charge on any atom is 0.0968 e. The minimum Gasteiger partial charge on any atom is -0.381 e. The lowest BCUT2D eigenvalue weighted by Crippen LogP contribution is -2.26. The van der Waals surface area contributed by atoms with E-state index in [-0.39, 0.29) is 6.04 Å². The average Bonchev–Trinajstić information content (AvgIpc) is 3.33. The molecule has 1 atom stereocenters. The van der Waals surface area contributed by atoms with Crippen molar-refractivity contribution in [3.63, 3.8) is 0 Å². The summed E-state index contributed by atoms with van der Waals surface area (Å²) >= 11 is 3.67. The number of nitrogens with zero attached hydrogens (tertiary/aromatic N) is 4. The Labute approximate surface area is 188 Å². The van der Waals surface area contributed by atoms with Crippen LogP contribution in [0.5, 0.6) is 0 Å². The van der Waals surface area contributed by atoms with Crippen molar-refractivity contribution in [3.8, 4) is 0 Å². The van der Waals surface area contributed by atoms with Crippen molar-refractivity contribution in [2.24, 2.45) is 13.0 Å². The molecule has 6 heteroatoms. The third-order valence-electron chi connectivity index (χ3n) is 6.63. The van der Waals surface area contributed by atoms with Gasteiger partial charge in [-0.2, -0.15) is 5.10 Å². The molecule has 4 heterocycles. The smallest absolute Gasteiger partial charge is 0.0968 e. The highest BCUT2D eigenvalue weighted by Gasteiger charge is 2.30. The Morgan fingerprint density at radius 3 is 2.58 bits per heavy atom. The minimum absolute atomic E-state index is 0.218. The van der Waals surface area contributed by atoms with E-state index in [4.69, 9.17) is 9.72 Å². The van der Waals surface area contributed by atoms with E-state index in [1.54, 1.807) is 0 Å². The van der Waals surface area contributed by atoms with Gasteiger partial charge in [-0.3, -0.25) is 9.67 Å². The summed E-state index contributed by atoms with van der Waals surface area (Å²) in [6.07, 6.45) is 5.97. The van der Waals surface area contributed by atoms with E-state index in [0.29, 0.717) is 5.92 Å². The Morgan fingerprint density at radius 1 is 1.00 bits per heavy atom. The molecule has 0 radical (unpaired) electrons. The number of pyridine rings is 1. The molecular formula is C25H23BrN4O. The zero-order chi connectivity index (χ0) is 20.9. The molecule has 5 nitrogen and oxygen atoms in total. The second-order valence-electron chi connectivity index (χ2n) is 8.36. The van der Waals surface area contributed by atoms with Crippen LogP contribution in [-0.2, 0) is 11.8 Å². The van der Waals surface area contributed by atoms with Gasteiger partial charge in [0, 0.05) is 41.7 Å². The van der Waals surface area contributed by atoms with Gasteiger partial charge in [-0.1, -0.05) is 30.3 Å². The highest BCUT2D eigenvalue weighted by molar-refractivity contribution is 9.10. The molecule has 0 amide bonds. The number of halogens is 1. The molecule has 0 saturated carbocycles. The lowest BCUT2D eigenvalue weighted by atomic mass is 9.86. The van der Waals surface area contributed by atoms with E-state index in [2.05, 4.69) is 74.1 Å². The molecule has 2 aromatic carbocycles. The molecule has 0 bridgehead atoms. The summed E-state index contributed by atoms with van der Waals surface area (Å²) in [4.78, 5) is 4.88. The predicted octanol–water partition coefficient (Wildman–Crippen LogP) is 5.85. The van der Waals surface area contributed by atoms with Crippen LogP contribution in [0.3, 0.4) is 0 Å². The van der Waals surface area contributed by atoms with Gasteiger partial charge in [-0.15, -0.1) is 0 Å². The van der Waals surface area contributed by atoms with E-state index >= 15 is 0 Å². The maximum absolute atomic E-state index is 5.72. The molecule has 156 valence electrons. The zero-order valence-corrected chi connectivity index (χ0v) is 18.9. The Bertz CT molecular complexity index is 1400. The number of hydrogen-bond acceptors (Lipinski definition) is 3. The first kappa shape index (κ1) is 19.0. The highest BCUT2D eigenvalue weighted by atomic mass is 79.9. The van der Waals surface area contributed by atoms with Gasteiger partial charge in [0.15, 0.2) is 0 Å². The fourth-order valence-electron chi connectivity index (χ4n) is 5.21. The number of ether oxygens (including phenoxy) is 1. The van der Waals surface area contributed by atoms with Crippen LogP contribution in [0.1, 0.15) is 24.4 Å². The first-order valence-corrected chi connectivity index (χ1v) is 11.5. The van der Waals surface area contributed by atoms with Crippen LogP contribution in [0.25, 0.3) is 32.8 Å². The number of benzene rings is 2. The average molecular weight is 475 g/mol. The minimum atomic E-state index is 0.218. The summed E-state index contributed by atoms with van der Waals surface area (Å²) in [7, 11) is 1.99. The Hall–Kier alpha value is -2.70. The van der Waals surface area contributed by atoms with Crippen LogP contribution in [-0.4, -0.2) is 32.5 Å². The summed E-state index contributed by atoms with van der Waals surface area (Å²) < 4.78 is 11.2. The SMILES string of the molecule is Cn1ncc2c3c4ncc(Br)cc4n([C@H](c4ccccc4)C4CCOCC4)c3ccc21. The lowest BCUT2D eigenvalue weighted by molar-refractivity contribution is 0.0553. The van der Waals surface area contributed by atoms with Crippen LogP contribution in [0.2, 0.25) is 0 Å². The van der Waals surface area contributed by atoms with Crippen LogP contribution >= 0.6 is 15.9 Å². The molecule has 1 saturated heterocycles. The number of aromatic nitrogens is 4. The van der Waals surface area contributed by atoms with Crippen molar-refractivity contribution in [1.29, 1.82) is 0 Å². The molecule has 0 unspecified atom stereocenters. The normalized spacial score (nSPS) is 16.5. The summed E-state index contributed by atoms with van der Waals surface area (Å²) in [5.74, 6) is 0.499. The first-order valence-electron chi connectivity index (χ1n) is 10.7. The second-order valence-corrected chi connectivity index (χ2v) is 9.27. The quantitative estimate of drug-likeness (QED) is 0.329. The van der Waals surface area contributed by atoms with Crippen LogP contribution < -0.4 is 0 Å². The van der Waals surface area contributed by atoms with Crippen molar-refractivity contribution in [3.05, 3.63) is 71.0 Å². The Kier molecular flexibility index (Phi) is 4.58. The first-order chi connectivity index (χ1) is 15.2. The maximum atomic E-state index is 5.72. The number of aryl methyl sites for hydroxylation is 1. The van der Waals surface area contributed by atoms with Gasteiger partial charge in [0.2, 0.25) is 0 Å². The molecule has 0 spiro atoms. The van der Waals surface area contributed by atoms with Crippen molar-refractivity contribution in [2.75, 3.05) is 13.2 Å². The third-order valence-corrected chi connectivity index (χ3v) is 7.06. The second kappa shape index (κ2) is 7.46. The molecular weight excluding hydrogens is 452 g/mol. The molecule has 1 fully saturated rings. The van der Waals surface area contributed by atoms with E-state index < -0.39 is 0 Å².